The van der Waals surface area contributed by atoms with E-state index < -0.39 is 6.09 Å². The maximum absolute atomic E-state index is 11.7. The molecule has 22 heavy (non-hydrogen) atoms. The molecule has 122 valence electrons. The van der Waals surface area contributed by atoms with E-state index in [1.807, 2.05) is 18.2 Å². The summed E-state index contributed by atoms with van der Waals surface area (Å²) in [7, 11) is 4.90. The van der Waals surface area contributed by atoms with Crippen molar-refractivity contribution in [2.45, 2.75) is 32.2 Å². The number of carbonyl (C=O) groups is 1. The normalized spacial score (nSPS) is 16.9. The molecule has 0 radical (unpaired) electrons. The van der Waals surface area contributed by atoms with Gasteiger partial charge in [-0.1, -0.05) is 12.5 Å². The first-order valence-corrected chi connectivity index (χ1v) is 7.84. The predicted octanol–water partition coefficient (Wildman–Crippen LogP) is 3.30. The van der Waals surface area contributed by atoms with Crippen LogP contribution in [0.4, 0.5) is 4.79 Å². The Labute approximate surface area is 132 Å². The predicted molar refractivity (Wildman–Crippen MR) is 86.5 cm³/mol. The second kappa shape index (κ2) is 7.49. The van der Waals surface area contributed by atoms with E-state index in [1.165, 1.54) is 29.7 Å². The summed E-state index contributed by atoms with van der Waals surface area (Å²) < 4.78 is 10.7. The van der Waals surface area contributed by atoms with Gasteiger partial charge < -0.3 is 14.4 Å². The van der Waals surface area contributed by atoms with Crippen LogP contribution in [0.25, 0.3) is 0 Å². The first kappa shape index (κ1) is 16.6. The molecule has 1 heterocycles. The molecule has 0 N–H and O–H groups in total. The first-order chi connectivity index (χ1) is 10.5. The van der Waals surface area contributed by atoms with Crippen molar-refractivity contribution >= 4 is 6.09 Å². The average Bonchev–Trinajstić information content (AvgIpc) is 2.55. The molecular formula is C17H26N2O3. The van der Waals surface area contributed by atoms with Crippen LogP contribution in [0.15, 0.2) is 18.2 Å². The van der Waals surface area contributed by atoms with E-state index in [9.17, 15) is 4.79 Å². The van der Waals surface area contributed by atoms with Gasteiger partial charge in [0.1, 0.15) is 0 Å². The summed E-state index contributed by atoms with van der Waals surface area (Å²) in [6.07, 6.45) is 3.45. The Morgan fingerprint density at radius 3 is 2.45 bits per heavy atom. The lowest BCUT2D eigenvalue weighted by Gasteiger charge is -2.32. The fraction of sp³-hybridized carbons (Fsp3) is 0.588. The maximum atomic E-state index is 11.7. The van der Waals surface area contributed by atoms with Gasteiger partial charge in [-0.3, -0.25) is 4.90 Å². The molecule has 1 aliphatic rings. The minimum Gasteiger partial charge on any atom is -0.493 e. The van der Waals surface area contributed by atoms with Crippen LogP contribution >= 0.6 is 0 Å². The van der Waals surface area contributed by atoms with Gasteiger partial charge in [-0.25, -0.2) is 4.79 Å². The van der Waals surface area contributed by atoms with Crippen LogP contribution in [-0.4, -0.2) is 50.2 Å². The van der Waals surface area contributed by atoms with Gasteiger partial charge in [0.25, 0.3) is 0 Å². The molecule has 5 heteroatoms. The summed E-state index contributed by atoms with van der Waals surface area (Å²) in [6, 6.07) is 6.14. The van der Waals surface area contributed by atoms with E-state index in [-0.39, 0.29) is 0 Å². The zero-order valence-corrected chi connectivity index (χ0v) is 14.0. The van der Waals surface area contributed by atoms with Gasteiger partial charge in [0.2, 0.25) is 0 Å². The number of hydrogen-bond donors (Lipinski definition) is 0. The van der Waals surface area contributed by atoms with Crippen molar-refractivity contribution in [3.05, 3.63) is 23.8 Å². The van der Waals surface area contributed by atoms with E-state index in [2.05, 4.69) is 11.8 Å². The highest BCUT2D eigenvalue weighted by atomic mass is 16.6. The van der Waals surface area contributed by atoms with Crippen LogP contribution in [-0.2, 0) is 0 Å². The molecule has 1 aliphatic heterocycles. The number of rotatable bonds is 4. The second-order valence-electron chi connectivity index (χ2n) is 5.95. The number of nitrogens with zero attached hydrogens (tertiary/aromatic N) is 2. The third-order valence-electron chi connectivity index (χ3n) is 4.17. The highest BCUT2D eigenvalue weighted by molar-refractivity contribution is 5.71. The summed E-state index contributed by atoms with van der Waals surface area (Å²) >= 11 is 0. The summed E-state index contributed by atoms with van der Waals surface area (Å²) in [5.41, 5.74) is 1.18. The second-order valence-corrected chi connectivity index (χ2v) is 5.95. The molecule has 0 aromatic heterocycles. The molecule has 0 saturated carbocycles. The van der Waals surface area contributed by atoms with Crippen LogP contribution in [0.2, 0.25) is 0 Å². The van der Waals surface area contributed by atoms with Gasteiger partial charge >= 0.3 is 6.09 Å². The molecule has 1 saturated heterocycles. The van der Waals surface area contributed by atoms with Crippen molar-refractivity contribution in [2.24, 2.45) is 0 Å². The Morgan fingerprint density at radius 2 is 1.86 bits per heavy atom. The highest BCUT2D eigenvalue weighted by Gasteiger charge is 2.20. The summed E-state index contributed by atoms with van der Waals surface area (Å²) in [5.74, 6) is 1.05. The number of piperidine rings is 1. The Morgan fingerprint density at radius 1 is 1.18 bits per heavy atom. The monoisotopic (exact) mass is 306 g/mol. The summed E-state index contributed by atoms with van der Waals surface area (Å²) in [6.45, 7) is 4.49. The molecule has 2 rings (SSSR count). The molecule has 5 nitrogen and oxygen atoms in total. The molecule has 1 unspecified atom stereocenters. The van der Waals surface area contributed by atoms with Gasteiger partial charge in [0, 0.05) is 20.1 Å². The third-order valence-corrected chi connectivity index (χ3v) is 4.17. The molecule has 1 amide bonds. The number of methoxy groups -OCH3 is 1. The van der Waals surface area contributed by atoms with Crippen molar-refractivity contribution in [3.63, 3.8) is 0 Å². The number of carbonyl (C=O) groups excluding carboxylic acids is 1. The third kappa shape index (κ3) is 3.91. The van der Waals surface area contributed by atoms with Crippen LogP contribution in [0.3, 0.4) is 0 Å². The van der Waals surface area contributed by atoms with Crippen LogP contribution in [0.5, 0.6) is 11.5 Å². The van der Waals surface area contributed by atoms with Crippen molar-refractivity contribution in [1.82, 2.24) is 9.80 Å². The van der Waals surface area contributed by atoms with Gasteiger partial charge in [0.15, 0.2) is 11.5 Å². The minimum absolute atomic E-state index is 0.341. The summed E-state index contributed by atoms with van der Waals surface area (Å²) in [4.78, 5) is 15.6. The zero-order chi connectivity index (χ0) is 16.1. The molecule has 0 aliphatic carbocycles. The van der Waals surface area contributed by atoms with E-state index in [4.69, 9.17) is 9.47 Å². The topological polar surface area (TPSA) is 42.0 Å². The fourth-order valence-electron chi connectivity index (χ4n) is 2.73. The molecule has 1 fully saturated rings. The number of benzene rings is 1. The number of amides is 1. The number of ether oxygens (including phenoxy) is 2. The Balaban J connectivity index is 2.15. The molecule has 1 aromatic rings. The van der Waals surface area contributed by atoms with E-state index in [1.54, 1.807) is 21.2 Å². The maximum Gasteiger partial charge on any atom is 0.414 e. The first-order valence-electron chi connectivity index (χ1n) is 7.84. The Kier molecular flexibility index (Phi) is 5.66. The average molecular weight is 306 g/mol. The quantitative estimate of drug-likeness (QED) is 0.856. The van der Waals surface area contributed by atoms with Crippen molar-refractivity contribution in [3.8, 4) is 11.5 Å². The fourth-order valence-corrected chi connectivity index (χ4v) is 2.73. The van der Waals surface area contributed by atoms with Crippen molar-refractivity contribution in [1.29, 1.82) is 0 Å². The smallest absolute Gasteiger partial charge is 0.414 e. The largest absolute Gasteiger partial charge is 0.493 e. The Bertz CT molecular complexity index is 511. The zero-order valence-electron chi connectivity index (χ0n) is 14.0. The number of hydrogen-bond acceptors (Lipinski definition) is 4. The lowest BCUT2D eigenvalue weighted by atomic mass is 10.0. The van der Waals surface area contributed by atoms with E-state index in [0.29, 0.717) is 17.5 Å². The minimum atomic E-state index is -0.407. The molecule has 1 atom stereocenters. The lowest BCUT2D eigenvalue weighted by molar-refractivity contribution is 0.169. The molecular weight excluding hydrogens is 280 g/mol. The van der Waals surface area contributed by atoms with Crippen LogP contribution in [0, 0.1) is 0 Å². The summed E-state index contributed by atoms with van der Waals surface area (Å²) in [5, 5.41) is 0. The highest BCUT2D eigenvalue weighted by Crippen LogP contribution is 2.33. The van der Waals surface area contributed by atoms with Crippen molar-refractivity contribution < 1.29 is 14.3 Å². The van der Waals surface area contributed by atoms with E-state index >= 15 is 0 Å². The van der Waals surface area contributed by atoms with Gasteiger partial charge in [-0.2, -0.15) is 0 Å². The SMILES string of the molecule is COc1cc(C(C)N2CCCCC2)ccc1OC(=O)N(C)C. The van der Waals surface area contributed by atoms with Crippen LogP contribution < -0.4 is 9.47 Å². The van der Waals surface area contributed by atoms with Crippen LogP contribution in [0.1, 0.15) is 37.8 Å². The molecule has 1 aromatic carbocycles. The lowest BCUT2D eigenvalue weighted by Crippen LogP contribution is -2.32. The van der Waals surface area contributed by atoms with Crippen molar-refractivity contribution in [2.75, 3.05) is 34.3 Å². The number of likely N-dealkylation sites (tertiary alicyclic amines) is 1. The standard InChI is InChI=1S/C17H26N2O3/c1-13(19-10-6-5-7-11-19)14-8-9-15(16(12-14)21-4)22-17(20)18(2)3/h8-9,12-13H,5-7,10-11H2,1-4H3. The van der Waals surface area contributed by atoms with Gasteiger partial charge in [-0.05, 0) is 50.6 Å². The van der Waals surface area contributed by atoms with Gasteiger partial charge in [0.05, 0.1) is 7.11 Å². The molecule has 0 bridgehead atoms. The van der Waals surface area contributed by atoms with Gasteiger partial charge in [-0.15, -0.1) is 0 Å². The van der Waals surface area contributed by atoms with E-state index in [0.717, 1.165) is 13.1 Å². The Hall–Kier alpha value is -1.75. The molecule has 0 spiro atoms.